The van der Waals surface area contributed by atoms with Crippen molar-refractivity contribution in [3.8, 4) is 0 Å². The Bertz CT molecular complexity index is 1210. The van der Waals surface area contributed by atoms with Crippen LogP contribution in [-0.4, -0.2) is 48.8 Å². The van der Waals surface area contributed by atoms with Gasteiger partial charge in [-0.05, 0) is 74.9 Å². The Hall–Kier alpha value is -2.20. The summed E-state index contributed by atoms with van der Waals surface area (Å²) in [5, 5.41) is 13.6. The van der Waals surface area contributed by atoms with Crippen molar-refractivity contribution < 1.29 is 14.3 Å². The Morgan fingerprint density at radius 2 is 1.67 bits per heavy atom. The molecule has 196 valence electrons. The first-order valence-electron chi connectivity index (χ1n) is 13.3. The van der Waals surface area contributed by atoms with E-state index in [9.17, 15) is 23.9 Å². The van der Waals surface area contributed by atoms with Crippen LogP contribution in [-0.2, 0) is 4.79 Å². The van der Waals surface area contributed by atoms with Crippen molar-refractivity contribution in [2.75, 3.05) is 11.5 Å². The lowest BCUT2D eigenvalue weighted by molar-refractivity contribution is -0.133. The first-order valence-corrected chi connectivity index (χ1v) is 14.5. The van der Waals surface area contributed by atoms with Crippen LogP contribution in [0.5, 0.6) is 0 Å². The lowest BCUT2D eigenvalue weighted by Gasteiger charge is -2.33. The minimum Gasteiger partial charge on any atom is -0.383 e. The molecule has 0 bridgehead atoms. The lowest BCUT2D eigenvalue weighted by atomic mass is 9.84. The van der Waals surface area contributed by atoms with Gasteiger partial charge in [-0.2, -0.15) is 11.8 Å². The van der Waals surface area contributed by atoms with Gasteiger partial charge in [0.15, 0.2) is 0 Å². The van der Waals surface area contributed by atoms with Gasteiger partial charge in [-0.25, -0.2) is 14.2 Å². The molecule has 3 fully saturated rings. The first-order chi connectivity index (χ1) is 17.4. The molecule has 1 atom stereocenters. The number of nitrogens with zero attached hydrogens (tertiary/aromatic N) is 3. The van der Waals surface area contributed by atoms with E-state index in [4.69, 9.17) is 0 Å². The Kier molecular flexibility index (Phi) is 7.81. The molecule has 2 N–H and O–H groups in total. The zero-order valence-electron chi connectivity index (χ0n) is 20.5. The second-order valence-electron chi connectivity index (χ2n) is 10.6. The number of hydrogen-bond donors (Lipinski definition) is 2. The largest absolute Gasteiger partial charge is 0.383 e. The molecule has 1 amide bonds. The number of aliphatic hydroxyl groups excluding tert-OH is 1. The van der Waals surface area contributed by atoms with Crippen LogP contribution in [0.2, 0.25) is 0 Å². The number of rotatable bonds is 5. The van der Waals surface area contributed by atoms with Crippen molar-refractivity contribution in [2.24, 2.45) is 5.92 Å². The number of aromatic nitrogens is 3. The van der Waals surface area contributed by atoms with Crippen LogP contribution >= 0.6 is 11.8 Å². The van der Waals surface area contributed by atoms with Crippen LogP contribution < -0.4 is 16.6 Å². The number of amides is 1. The molecule has 8 nitrogen and oxygen atoms in total. The third-order valence-corrected chi connectivity index (χ3v) is 9.30. The third kappa shape index (κ3) is 5.11. The molecule has 1 saturated heterocycles. The predicted octanol–water partition coefficient (Wildman–Crippen LogP) is 3.31. The number of pyridine rings is 1. The summed E-state index contributed by atoms with van der Waals surface area (Å²) in [5.74, 6) is 0.968. The summed E-state index contributed by atoms with van der Waals surface area (Å²) in [6, 6.07) is 0.703. The minimum absolute atomic E-state index is 0.0249. The molecular weight excluding hydrogens is 483 g/mol. The molecule has 2 saturated carbocycles. The van der Waals surface area contributed by atoms with Crippen LogP contribution in [0.4, 0.5) is 4.39 Å². The van der Waals surface area contributed by atoms with Crippen molar-refractivity contribution in [1.82, 2.24) is 19.4 Å². The summed E-state index contributed by atoms with van der Waals surface area (Å²) in [7, 11) is 0. The van der Waals surface area contributed by atoms with Crippen LogP contribution in [0.15, 0.2) is 21.9 Å². The second kappa shape index (κ2) is 11.0. The van der Waals surface area contributed by atoms with Crippen molar-refractivity contribution in [1.29, 1.82) is 0 Å². The normalized spacial score (nSPS) is 25.1. The third-order valence-electron chi connectivity index (χ3n) is 8.25. The number of fused-ring (bicyclic) bond motifs is 1. The summed E-state index contributed by atoms with van der Waals surface area (Å²) < 4.78 is 17.0. The summed E-state index contributed by atoms with van der Waals surface area (Å²) in [6.07, 6.45) is 9.05. The van der Waals surface area contributed by atoms with E-state index >= 15 is 0 Å². The van der Waals surface area contributed by atoms with E-state index in [1.54, 1.807) is 4.57 Å². The van der Waals surface area contributed by atoms with Crippen molar-refractivity contribution in [3.63, 3.8) is 0 Å². The maximum Gasteiger partial charge on any atom is 0.333 e. The fraction of sp³-hybridized carbons (Fsp3) is 0.692. The van der Waals surface area contributed by atoms with Gasteiger partial charge >= 0.3 is 5.69 Å². The summed E-state index contributed by atoms with van der Waals surface area (Å²) in [6.45, 7) is 0. The van der Waals surface area contributed by atoms with Gasteiger partial charge in [-0.3, -0.25) is 18.7 Å². The van der Waals surface area contributed by atoms with E-state index in [-0.39, 0.29) is 46.7 Å². The van der Waals surface area contributed by atoms with Gasteiger partial charge in [-0.15, -0.1) is 0 Å². The Morgan fingerprint density at radius 3 is 2.36 bits per heavy atom. The Labute approximate surface area is 213 Å². The number of hydrogen-bond acceptors (Lipinski definition) is 6. The highest BCUT2D eigenvalue weighted by atomic mass is 32.2. The molecule has 3 heterocycles. The van der Waals surface area contributed by atoms with Gasteiger partial charge in [0.1, 0.15) is 17.6 Å². The van der Waals surface area contributed by atoms with Gasteiger partial charge in [0.25, 0.3) is 5.56 Å². The molecule has 0 radical (unpaired) electrons. The Morgan fingerprint density at radius 1 is 1.00 bits per heavy atom. The van der Waals surface area contributed by atoms with Crippen molar-refractivity contribution in [3.05, 3.63) is 38.9 Å². The maximum atomic E-state index is 14.1. The van der Waals surface area contributed by atoms with Gasteiger partial charge in [0.05, 0.1) is 11.6 Å². The van der Waals surface area contributed by atoms with Crippen LogP contribution in [0, 0.1) is 11.7 Å². The van der Waals surface area contributed by atoms with Gasteiger partial charge < -0.3 is 10.4 Å². The molecule has 2 aromatic rings. The van der Waals surface area contributed by atoms with E-state index in [1.807, 2.05) is 11.8 Å². The molecule has 3 aliphatic rings. The number of carbonyl (C=O) groups is 1. The molecule has 0 unspecified atom stereocenters. The number of nitrogens with one attached hydrogen (secondary N) is 1. The molecule has 2 aromatic heterocycles. The molecule has 10 heteroatoms. The van der Waals surface area contributed by atoms with Gasteiger partial charge in [0.2, 0.25) is 5.91 Å². The maximum absolute atomic E-state index is 14.1. The average Bonchev–Trinajstić information content (AvgIpc) is 2.91. The predicted molar refractivity (Wildman–Crippen MR) is 138 cm³/mol. The smallest absolute Gasteiger partial charge is 0.333 e. The number of thioether (sulfide) groups is 1. The highest BCUT2D eigenvalue weighted by molar-refractivity contribution is 7.99. The quantitative estimate of drug-likeness (QED) is 0.629. The van der Waals surface area contributed by atoms with E-state index < -0.39 is 17.5 Å². The van der Waals surface area contributed by atoms with Crippen molar-refractivity contribution in [2.45, 2.75) is 94.9 Å². The summed E-state index contributed by atoms with van der Waals surface area (Å²) >= 11 is 1.84. The van der Waals surface area contributed by atoms with E-state index in [1.165, 1.54) is 10.6 Å². The second-order valence-corrected chi connectivity index (χ2v) is 11.8. The molecule has 0 aromatic carbocycles. The molecular formula is C26H35FN4O4S. The summed E-state index contributed by atoms with van der Waals surface area (Å²) in [4.78, 5) is 43.9. The molecule has 1 aliphatic heterocycles. The molecule has 36 heavy (non-hydrogen) atoms. The molecule has 0 spiro atoms. The number of aliphatic hydroxyl groups is 1. The van der Waals surface area contributed by atoms with E-state index in [0.29, 0.717) is 25.7 Å². The summed E-state index contributed by atoms with van der Waals surface area (Å²) in [5.41, 5.74) is -0.607. The standard InChI is InChI=1S/C26H35FN4O4S/c27-17-14-21-23(28-15-17)30(20-10-12-36-13-11-20)26(35)31(25(21)34)19-8-6-18(7-9-19)29-24(33)22(32)16-4-2-1-3-5-16/h14-16,18-20,22,32H,1-13H2,(H,29,33)/t18-,19+,22-/m1/s1. The van der Waals surface area contributed by atoms with Crippen LogP contribution in [0.25, 0.3) is 11.0 Å². The number of carbonyl (C=O) groups excluding carboxylic acids is 1. The molecule has 2 aliphatic carbocycles. The van der Waals surface area contributed by atoms with E-state index in [2.05, 4.69) is 10.3 Å². The minimum atomic E-state index is -0.977. The topological polar surface area (TPSA) is 106 Å². The van der Waals surface area contributed by atoms with Gasteiger partial charge in [-0.1, -0.05) is 19.3 Å². The zero-order chi connectivity index (χ0) is 25.2. The van der Waals surface area contributed by atoms with Crippen LogP contribution in [0.1, 0.15) is 82.7 Å². The monoisotopic (exact) mass is 518 g/mol. The average molecular weight is 519 g/mol. The Balaban J connectivity index is 1.35. The van der Waals surface area contributed by atoms with Crippen molar-refractivity contribution >= 4 is 28.7 Å². The highest BCUT2D eigenvalue weighted by Gasteiger charge is 2.32. The first kappa shape index (κ1) is 25.4. The lowest BCUT2D eigenvalue weighted by Crippen LogP contribution is -2.48. The SMILES string of the molecule is O=C(N[C@H]1CC[C@@H](n2c(=O)c3cc(F)cnc3n(C3CCSCC3)c2=O)CC1)[C@H](O)C1CCCCC1. The molecule has 5 rings (SSSR count). The highest BCUT2D eigenvalue weighted by Crippen LogP contribution is 2.31. The van der Waals surface area contributed by atoms with E-state index in [0.717, 1.165) is 62.6 Å². The fourth-order valence-corrected chi connectivity index (χ4v) is 7.31. The fourth-order valence-electron chi connectivity index (χ4n) is 6.23. The zero-order valence-corrected chi connectivity index (χ0v) is 21.4. The van der Waals surface area contributed by atoms with Gasteiger partial charge in [0, 0.05) is 18.1 Å². The number of halogens is 1. The van der Waals surface area contributed by atoms with Crippen LogP contribution in [0.3, 0.4) is 0 Å².